The molecule has 2 aromatic rings. The van der Waals surface area contributed by atoms with Crippen LogP contribution in [0.1, 0.15) is 40.2 Å². The highest BCUT2D eigenvalue weighted by Crippen LogP contribution is 2.34. The number of rotatable bonds is 10. The Bertz CT molecular complexity index is 1360. The van der Waals surface area contributed by atoms with Gasteiger partial charge in [0.15, 0.2) is 5.75 Å². The van der Waals surface area contributed by atoms with Crippen molar-refractivity contribution in [3.63, 3.8) is 0 Å². The number of carbonyl (C=O) groups excluding carboxylic acids is 2. The number of aliphatic imine (C=N–C) groups is 1. The summed E-state index contributed by atoms with van der Waals surface area (Å²) in [4.78, 5) is 37.0. The highest BCUT2D eigenvalue weighted by Gasteiger charge is 2.34. The standard InChI is InChI=1S/C29H37ClN4O7S/c1-28(2,3)41-27(37)34-15-20(32-13-18-11-12-31-14-22(18)40-17-29(4,5)39-7)24(21(35)16-34)26(36)33-42-23-10-8-9-19(30)25(23)38-6/h8-12,14,35H,13,15-17H2,1-7H3,(H,33,36). The summed E-state index contributed by atoms with van der Waals surface area (Å²) in [6.45, 7) is 9.09. The molecule has 0 fully saturated rings. The van der Waals surface area contributed by atoms with Crippen LogP contribution in [0.2, 0.25) is 5.02 Å². The van der Waals surface area contributed by atoms with Crippen LogP contribution in [0, 0.1) is 0 Å². The van der Waals surface area contributed by atoms with Crippen molar-refractivity contribution in [2.24, 2.45) is 4.99 Å². The van der Waals surface area contributed by atoms with Crippen LogP contribution < -0.4 is 14.2 Å². The predicted molar refractivity (Wildman–Crippen MR) is 161 cm³/mol. The summed E-state index contributed by atoms with van der Waals surface area (Å²) in [6.07, 6.45) is 2.53. The first kappa shape index (κ1) is 33.0. The number of hydrogen-bond donors (Lipinski definition) is 2. The summed E-state index contributed by atoms with van der Waals surface area (Å²) in [5, 5.41) is 11.4. The third-order valence-electron chi connectivity index (χ3n) is 5.96. The highest BCUT2D eigenvalue weighted by molar-refractivity contribution is 7.98. The molecule has 1 aromatic heterocycles. The van der Waals surface area contributed by atoms with E-state index in [1.165, 1.54) is 12.0 Å². The van der Waals surface area contributed by atoms with Crippen molar-refractivity contribution in [1.29, 1.82) is 0 Å². The molecular formula is C29H37ClN4O7S. The lowest BCUT2D eigenvalue weighted by molar-refractivity contribution is -0.115. The third kappa shape index (κ3) is 9.01. The first-order valence-electron chi connectivity index (χ1n) is 13.1. The Hall–Kier alpha value is -3.48. The molecule has 2 heterocycles. The van der Waals surface area contributed by atoms with E-state index in [4.69, 9.17) is 30.5 Å². The van der Waals surface area contributed by atoms with Crippen LogP contribution in [-0.4, -0.2) is 77.8 Å². The number of aliphatic hydroxyl groups is 1. The van der Waals surface area contributed by atoms with E-state index in [2.05, 4.69) is 14.7 Å². The molecule has 0 aliphatic carbocycles. The minimum atomic E-state index is -0.753. The predicted octanol–water partition coefficient (Wildman–Crippen LogP) is 5.37. The molecule has 2 amide bonds. The summed E-state index contributed by atoms with van der Waals surface area (Å²) in [7, 11) is 3.08. The van der Waals surface area contributed by atoms with Crippen LogP contribution >= 0.6 is 23.5 Å². The smallest absolute Gasteiger partial charge is 0.411 e. The highest BCUT2D eigenvalue weighted by atomic mass is 35.5. The molecule has 0 spiro atoms. The summed E-state index contributed by atoms with van der Waals surface area (Å²) < 4.78 is 25.0. The minimum Gasteiger partial charge on any atom is -0.510 e. The van der Waals surface area contributed by atoms with E-state index >= 15 is 0 Å². The molecule has 0 bridgehead atoms. The lowest BCUT2D eigenvalue weighted by Crippen LogP contribution is -2.46. The van der Waals surface area contributed by atoms with E-state index in [1.807, 2.05) is 13.8 Å². The molecule has 3 rings (SSSR count). The van der Waals surface area contributed by atoms with Gasteiger partial charge in [-0.1, -0.05) is 17.7 Å². The van der Waals surface area contributed by atoms with Gasteiger partial charge in [-0.3, -0.25) is 24.4 Å². The molecule has 1 aliphatic heterocycles. The second-order valence-corrected chi connectivity index (χ2v) is 12.2. The maximum atomic E-state index is 13.4. The van der Waals surface area contributed by atoms with Crippen molar-refractivity contribution in [3.05, 3.63) is 58.6 Å². The van der Waals surface area contributed by atoms with Crippen molar-refractivity contribution >= 4 is 41.3 Å². The van der Waals surface area contributed by atoms with Gasteiger partial charge < -0.3 is 24.1 Å². The fourth-order valence-corrected chi connectivity index (χ4v) is 4.71. The number of amides is 2. The number of para-hydroxylation sites is 1. The Morgan fingerprint density at radius 3 is 2.57 bits per heavy atom. The summed E-state index contributed by atoms with van der Waals surface area (Å²) in [5.74, 6) is -0.0296. The van der Waals surface area contributed by atoms with E-state index in [1.54, 1.807) is 64.5 Å². The molecule has 0 unspecified atom stereocenters. The third-order valence-corrected chi connectivity index (χ3v) is 7.09. The Labute approximate surface area is 255 Å². The number of halogens is 1. The molecule has 42 heavy (non-hydrogen) atoms. The van der Waals surface area contributed by atoms with Gasteiger partial charge >= 0.3 is 6.09 Å². The quantitative estimate of drug-likeness (QED) is 0.336. The fraction of sp³-hybridized carbons (Fsp3) is 0.448. The molecule has 0 saturated heterocycles. The van der Waals surface area contributed by atoms with Crippen LogP contribution in [0.25, 0.3) is 0 Å². The van der Waals surface area contributed by atoms with Crippen molar-refractivity contribution in [1.82, 2.24) is 14.6 Å². The number of hydrogen-bond acceptors (Lipinski definition) is 10. The molecule has 1 aliphatic rings. The molecule has 0 atom stereocenters. The Morgan fingerprint density at radius 1 is 1.17 bits per heavy atom. The molecule has 0 radical (unpaired) electrons. The topological polar surface area (TPSA) is 132 Å². The van der Waals surface area contributed by atoms with Gasteiger partial charge in [0.25, 0.3) is 5.91 Å². The van der Waals surface area contributed by atoms with Gasteiger partial charge in [-0.2, -0.15) is 0 Å². The number of pyridine rings is 1. The number of carbonyl (C=O) groups is 2. The van der Waals surface area contributed by atoms with Gasteiger partial charge in [-0.15, -0.1) is 0 Å². The van der Waals surface area contributed by atoms with Crippen molar-refractivity contribution in [3.8, 4) is 11.5 Å². The second-order valence-electron chi connectivity index (χ2n) is 11.0. The Kier molecular flexibility index (Phi) is 11.1. The van der Waals surface area contributed by atoms with Crippen molar-refractivity contribution in [2.45, 2.75) is 57.3 Å². The SMILES string of the molecule is COc1c(Cl)cccc1SNC(=O)C1=C(O)CN(C(=O)OC(C)(C)C)CC1=NCc1ccncc1OCC(C)(C)OC. The summed E-state index contributed by atoms with van der Waals surface area (Å²) in [6, 6.07) is 6.88. The van der Waals surface area contributed by atoms with Gasteiger partial charge in [0.2, 0.25) is 0 Å². The van der Waals surface area contributed by atoms with E-state index in [-0.39, 0.29) is 43.3 Å². The largest absolute Gasteiger partial charge is 0.510 e. The van der Waals surface area contributed by atoms with E-state index < -0.39 is 23.2 Å². The molecule has 1 aromatic carbocycles. The molecule has 11 nitrogen and oxygen atoms in total. The zero-order valence-corrected chi connectivity index (χ0v) is 26.4. The molecule has 0 saturated carbocycles. The van der Waals surface area contributed by atoms with E-state index in [0.717, 1.165) is 11.9 Å². The number of aromatic nitrogens is 1. The molecule has 2 N–H and O–H groups in total. The fourth-order valence-electron chi connectivity index (χ4n) is 3.67. The van der Waals surface area contributed by atoms with Gasteiger partial charge in [0.1, 0.15) is 29.3 Å². The summed E-state index contributed by atoms with van der Waals surface area (Å²) in [5.41, 5.74) is -0.436. The van der Waals surface area contributed by atoms with E-state index in [0.29, 0.717) is 27.0 Å². The van der Waals surface area contributed by atoms with Crippen LogP contribution in [0.3, 0.4) is 0 Å². The number of methoxy groups -OCH3 is 2. The Morgan fingerprint density at radius 2 is 1.90 bits per heavy atom. The minimum absolute atomic E-state index is 0.0413. The average molecular weight is 621 g/mol. The zero-order valence-electron chi connectivity index (χ0n) is 24.8. The van der Waals surface area contributed by atoms with Gasteiger partial charge in [-0.05, 0) is 64.8 Å². The van der Waals surface area contributed by atoms with Crippen LogP contribution in [0.4, 0.5) is 4.79 Å². The van der Waals surface area contributed by atoms with Crippen molar-refractivity contribution in [2.75, 3.05) is 33.9 Å². The average Bonchev–Trinajstić information content (AvgIpc) is 2.93. The normalized spacial score (nSPS) is 15.0. The van der Waals surface area contributed by atoms with Crippen molar-refractivity contribution < 1.29 is 33.6 Å². The number of nitrogens with zero attached hydrogens (tertiary/aromatic N) is 3. The second kappa shape index (κ2) is 14.1. The first-order valence-corrected chi connectivity index (χ1v) is 14.3. The lowest BCUT2D eigenvalue weighted by atomic mass is 10.0. The zero-order chi connectivity index (χ0) is 31.1. The monoisotopic (exact) mass is 620 g/mol. The Balaban J connectivity index is 1.91. The maximum Gasteiger partial charge on any atom is 0.411 e. The first-order chi connectivity index (χ1) is 19.7. The van der Waals surface area contributed by atoms with Crippen LogP contribution in [-0.2, 0) is 20.8 Å². The van der Waals surface area contributed by atoms with Crippen LogP contribution in [0.5, 0.6) is 11.5 Å². The van der Waals surface area contributed by atoms with Gasteiger partial charge in [0, 0.05) is 18.9 Å². The number of benzene rings is 1. The lowest BCUT2D eigenvalue weighted by Gasteiger charge is -2.31. The van der Waals surface area contributed by atoms with Gasteiger partial charge in [0.05, 0.1) is 54.2 Å². The van der Waals surface area contributed by atoms with E-state index in [9.17, 15) is 14.7 Å². The molecular weight excluding hydrogens is 584 g/mol. The number of aliphatic hydroxyl groups excluding tert-OH is 1. The number of nitrogens with one attached hydrogen (secondary N) is 1. The van der Waals surface area contributed by atoms with Gasteiger partial charge in [-0.25, -0.2) is 4.79 Å². The maximum absolute atomic E-state index is 13.4. The molecule has 13 heteroatoms. The summed E-state index contributed by atoms with van der Waals surface area (Å²) >= 11 is 7.19. The number of ether oxygens (including phenoxy) is 4. The molecule has 228 valence electrons. The van der Waals surface area contributed by atoms with Crippen LogP contribution in [0.15, 0.2) is 57.9 Å².